The average molecular weight is 417 g/mol. The summed E-state index contributed by atoms with van der Waals surface area (Å²) in [6, 6.07) is 23.1. The van der Waals surface area contributed by atoms with Gasteiger partial charge < -0.3 is 4.90 Å². The van der Waals surface area contributed by atoms with Crippen molar-refractivity contribution in [1.82, 2.24) is 0 Å². The Kier molecular flexibility index (Phi) is 5.71. The molecule has 154 valence electrons. The van der Waals surface area contributed by atoms with Crippen molar-refractivity contribution >= 4 is 29.2 Å². The fourth-order valence-electron chi connectivity index (χ4n) is 4.73. The van der Waals surface area contributed by atoms with Crippen LogP contribution in [-0.4, -0.2) is 18.3 Å². The summed E-state index contributed by atoms with van der Waals surface area (Å²) in [4.78, 5) is 7.16. The largest absolute Gasteiger partial charge is 0.366 e. The van der Waals surface area contributed by atoms with Gasteiger partial charge in [-0.1, -0.05) is 61.0 Å². The molecule has 0 radical (unpaired) electrons. The standard InChI is InChI=1S/C27H29ClN2/c1-5-30-26-16-25(28)22(15-24(26)19(2)17-27(30,3)4)18-29-23-13-11-21(12-14-23)20-9-7-6-8-10-20/h6-16,18-19H,5,17H2,1-4H3. The predicted molar refractivity (Wildman–Crippen MR) is 131 cm³/mol. The van der Waals surface area contributed by atoms with Crippen LogP contribution in [0.1, 0.15) is 51.2 Å². The summed E-state index contributed by atoms with van der Waals surface area (Å²) >= 11 is 6.68. The Hall–Kier alpha value is -2.58. The Morgan fingerprint density at radius 3 is 2.37 bits per heavy atom. The summed E-state index contributed by atoms with van der Waals surface area (Å²) in [5.41, 5.74) is 7.07. The van der Waals surface area contributed by atoms with Crippen LogP contribution in [-0.2, 0) is 0 Å². The van der Waals surface area contributed by atoms with Gasteiger partial charge in [-0.05, 0) is 74.1 Å². The molecule has 0 aromatic heterocycles. The Morgan fingerprint density at radius 2 is 1.70 bits per heavy atom. The first kappa shape index (κ1) is 20.7. The zero-order valence-electron chi connectivity index (χ0n) is 18.2. The van der Waals surface area contributed by atoms with Gasteiger partial charge >= 0.3 is 0 Å². The third-order valence-electron chi connectivity index (χ3n) is 6.15. The quantitative estimate of drug-likeness (QED) is 0.395. The smallest absolute Gasteiger partial charge is 0.0630 e. The lowest BCUT2D eigenvalue weighted by atomic mass is 9.79. The van der Waals surface area contributed by atoms with E-state index in [4.69, 9.17) is 16.6 Å². The fraction of sp³-hybridized carbons (Fsp3) is 0.296. The highest BCUT2D eigenvalue weighted by Crippen LogP contribution is 2.44. The van der Waals surface area contributed by atoms with E-state index in [1.165, 1.54) is 22.4 Å². The molecule has 3 aromatic carbocycles. The van der Waals surface area contributed by atoms with Crippen LogP contribution >= 0.6 is 11.6 Å². The number of aliphatic imine (C=N–C) groups is 1. The van der Waals surface area contributed by atoms with Crippen LogP contribution in [0.3, 0.4) is 0 Å². The molecule has 0 spiro atoms. The number of hydrogen-bond donors (Lipinski definition) is 0. The number of halogens is 1. The Labute approximate surface area is 185 Å². The molecule has 0 N–H and O–H groups in total. The second kappa shape index (κ2) is 8.28. The van der Waals surface area contributed by atoms with E-state index in [1.807, 2.05) is 12.3 Å². The van der Waals surface area contributed by atoms with E-state index in [-0.39, 0.29) is 5.54 Å². The third-order valence-corrected chi connectivity index (χ3v) is 6.47. The lowest BCUT2D eigenvalue weighted by Gasteiger charge is -2.47. The molecule has 0 saturated carbocycles. The molecular formula is C27H29ClN2. The number of benzene rings is 3. The number of rotatable bonds is 4. The van der Waals surface area contributed by atoms with Gasteiger partial charge in [-0.2, -0.15) is 0 Å². The molecule has 0 saturated heterocycles. The zero-order chi connectivity index (χ0) is 21.3. The summed E-state index contributed by atoms with van der Waals surface area (Å²) < 4.78 is 0. The van der Waals surface area contributed by atoms with E-state index in [2.05, 4.69) is 93.3 Å². The summed E-state index contributed by atoms with van der Waals surface area (Å²) in [6.07, 6.45) is 3.02. The van der Waals surface area contributed by atoms with Gasteiger partial charge in [0.25, 0.3) is 0 Å². The van der Waals surface area contributed by atoms with Crippen molar-refractivity contribution in [3.8, 4) is 11.1 Å². The molecule has 1 heterocycles. The summed E-state index contributed by atoms with van der Waals surface area (Å²) in [5.74, 6) is 0.493. The van der Waals surface area contributed by atoms with Crippen molar-refractivity contribution in [2.45, 2.75) is 45.6 Å². The Balaban J connectivity index is 1.61. The fourth-order valence-corrected chi connectivity index (χ4v) is 4.94. The van der Waals surface area contributed by atoms with Crippen LogP contribution in [0, 0.1) is 0 Å². The number of anilines is 1. The Morgan fingerprint density at radius 1 is 1.03 bits per heavy atom. The van der Waals surface area contributed by atoms with Crippen molar-refractivity contribution in [2.75, 3.05) is 11.4 Å². The second-order valence-corrected chi connectivity index (χ2v) is 9.17. The topological polar surface area (TPSA) is 15.6 Å². The molecule has 4 rings (SSSR count). The number of hydrogen-bond acceptors (Lipinski definition) is 2. The van der Waals surface area contributed by atoms with E-state index in [9.17, 15) is 0 Å². The normalized spacial score (nSPS) is 17.9. The highest BCUT2D eigenvalue weighted by Gasteiger charge is 2.35. The van der Waals surface area contributed by atoms with Crippen LogP contribution in [0.2, 0.25) is 5.02 Å². The molecule has 0 fully saturated rings. The Bertz CT molecular complexity index is 1050. The molecule has 0 amide bonds. The lowest BCUT2D eigenvalue weighted by Crippen LogP contribution is -2.48. The monoisotopic (exact) mass is 416 g/mol. The minimum atomic E-state index is 0.139. The maximum Gasteiger partial charge on any atom is 0.0630 e. The maximum atomic E-state index is 6.68. The number of nitrogens with zero attached hydrogens (tertiary/aromatic N) is 2. The van der Waals surface area contributed by atoms with Gasteiger partial charge in [0.2, 0.25) is 0 Å². The van der Waals surface area contributed by atoms with E-state index in [0.29, 0.717) is 5.92 Å². The molecule has 30 heavy (non-hydrogen) atoms. The first-order valence-corrected chi connectivity index (χ1v) is 11.1. The summed E-state index contributed by atoms with van der Waals surface area (Å²) in [7, 11) is 0. The van der Waals surface area contributed by atoms with Crippen LogP contribution in [0.4, 0.5) is 11.4 Å². The molecule has 1 unspecified atom stereocenters. The highest BCUT2D eigenvalue weighted by molar-refractivity contribution is 6.33. The van der Waals surface area contributed by atoms with E-state index in [0.717, 1.165) is 29.2 Å². The molecule has 1 atom stereocenters. The van der Waals surface area contributed by atoms with Crippen molar-refractivity contribution in [3.05, 3.63) is 82.9 Å². The molecule has 1 aliphatic heterocycles. The van der Waals surface area contributed by atoms with E-state index < -0.39 is 0 Å². The first-order chi connectivity index (χ1) is 14.4. The van der Waals surface area contributed by atoms with Gasteiger partial charge in [0, 0.05) is 29.5 Å². The molecule has 0 bridgehead atoms. The SMILES string of the molecule is CCN1c2cc(Cl)c(C=Nc3ccc(-c4ccccc4)cc3)cc2C(C)CC1(C)C. The minimum absolute atomic E-state index is 0.139. The van der Waals surface area contributed by atoms with Crippen LogP contribution in [0.5, 0.6) is 0 Å². The van der Waals surface area contributed by atoms with Crippen LogP contribution < -0.4 is 4.90 Å². The van der Waals surface area contributed by atoms with Crippen molar-refractivity contribution in [1.29, 1.82) is 0 Å². The number of fused-ring (bicyclic) bond motifs is 1. The van der Waals surface area contributed by atoms with Crippen LogP contribution in [0.25, 0.3) is 11.1 Å². The predicted octanol–water partition coefficient (Wildman–Crippen LogP) is 7.87. The highest BCUT2D eigenvalue weighted by atomic mass is 35.5. The zero-order valence-corrected chi connectivity index (χ0v) is 18.9. The summed E-state index contributed by atoms with van der Waals surface area (Å²) in [6.45, 7) is 10.1. The van der Waals surface area contributed by atoms with Gasteiger partial charge in [0.15, 0.2) is 0 Å². The van der Waals surface area contributed by atoms with Gasteiger partial charge in [0.05, 0.1) is 10.7 Å². The van der Waals surface area contributed by atoms with Crippen LogP contribution in [0.15, 0.2) is 71.7 Å². The second-order valence-electron chi connectivity index (χ2n) is 8.77. The van der Waals surface area contributed by atoms with Crippen molar-refractivity contribution < 1.29 is 0 Å². The molecule has 3 aromatic rings. The molecular weight excluding hydrogens is 388 g/mol. The van der Waals surface area contributed by atoms with Gasteiger partial charge in [-0.3, -0.25) is 4.99 Å². The first-order valence-electron chi connectivity index (χ1n) is 10.7. The molecule has 1 aliphatic rings. The average Bonchev–Trinajstić information content (AvgIpc) is 2.73. The van der Waals surface area contributed by atoms with Crippen molar-refractivity contribution in [2.24, 2.45) is 4.99 Å². The van der Waals surface area contributed by atoms with E-state index in [1.54, 1.807) is 0 Å². The minimum Gasteiger partial charge on any atom is -0.366 e. The molecule has 3 heteroatoms. The maximum absolute atomic E-state index is 6.68. The van der Waals surface area contributed by atoms with Gasteiger partial charge in [-0.15, -0.1) is 0 Å². The summed E-state index contributed by atoms with van der Waals surface area (Å²) in [5, 5.41) is 0.752. The lowest BCUT2D eigenvalue weighted by molar-refractivity contribution is 0.381. The third kappa shape index (κ3) is 4.02. The van der Waals surface area contributed by atoms with Gasteiger partial charge in [-0.25, -0.2) is 0 Å². The van der Waals surface area contributed by atoms with E-state index >= 15 is 0 Å². The molecule has 0 aliphatic carbocycles. The van der Waals surface area contributed by atoms with Gasteiger partial charge in [0.1, 0.15) is 0 Å². The van der Waals surface area contributed by atoms with Crippen molar-refractivity contribution in [3.63, 3.8) is 0 Å². The molecule has 2 nitrogen and oxygen atoms in total.